The second-order valence-corrected chi connectivity index (χ2v) is 5.67. The van der Waals surface area contributed by atoms with Crippen LogP contribution >= 0.6 is 11.6 Å². The zero-order valence-corrected chi connectivity index (χ0v) is 12.5. The summed E-state index contributed by atoms with van der Waals surface area (Å²) in [6, 6.07) is 7.05. The number of carboxylic acid groups (broad SMARTS) is 1. The molecule has 1 heterocycles. The lowest BCUT2D eigenvalue weighted by Crippen LogP contribution is -2.43. The van der Waals surface area contributed by atoms with Crippen LogP contribution in [0.2, 0.25) is 5.02 Å². The fourth-order valence-corrected chi connectivity index (χ4v) is 2.82. The predicted molar refractivity (Wildman–Crippen MR) is 80.6 cm³/mol. The first-order chi connectivity index (χ1) is 10.1. The van der Waals surface area contributed by atoms with Gasteiger partial charge in [-0.3, -0.25) is 9.59 Å². The van der Waals surface area contributed by atoms with E-state index in [9.17, 15) is 9.59 Å². The van der Waals surface area contributed by atoms with E-state index < -0.39 is 5.97 Å². The van der Waals surface area contributed by atoms with Crippen molar-refractivity contribution in [2.24, 2.45) is 5.92 Å². The molecule has 2 N–H and O–H groups in total. The quantitative estimate of drug-likeness (QED) is 0.871. The Hall–Kier alpha value is -1.59. The van der Waals surface area contributed by atoms with Crippen LogP contribution in [0.15, 0.2) is 24.3 Å². The molecule has 0 spiro atoms. The van der Waals surface area contributed by atoms with Gasteiger partial charge in [-0.25, -0.2) is 0 Å². The van der Waals surface area contributed by atoms with E-state index in [0.717, 1.165) is 19.4 Å². The molecule has 1 amide bonds. The number of piperidine rings is 1. The van der Waals surface area contributed by atoms with Gasteiger partial charge in [0.2, 0.25) is 0 Å². The first-order valence-electron chi connectivity index (χ1n) is 7.04. The van der Waals surface area contributed by atoms with Crippen molar-refractivity contribution in [3.63, 3.8) is 0 Å². The lowest BCUT2D eigenvalue weighted by atomic mass is 9.97. The minimum Gasteiger partial charge on any atom is -0.480 e. The second kappa shape index (κ2) is 7.43. The number of hydrogen-bond acceptors (Lipinski definition) is 3. The van der Waals surface area contributed by atoms with Crippen LogP contribution in [0.4, 0.5) is 0 Å². The van der Waals surface area contributed by atoms with Gasteiger partial charge in [0.1, 0.15) is 0 Å². The molecule has 0 aromatic heterocycles. The number of nitrogens with one attached hydrogen (secondary N) is 1. The third-order valence-electron chi connectivity index (χ3n) is 3.62. The number of carboxylic acids is 1. The normalized spacial score (nSPS) is 18.5. The molecule has 21 heavy (non-hydrogen) atoms. The maximum Gasteiger partial charge on any atom is 0.317 e. The van der Waals surface area contributed by atoms with E-state index in [4.69, 9.17) is 16.7 Å². The van der Waals surface area contributed by atoms with Crippen molar-refractivity contribution in [3.8, 4) is 0 Å². The molecule has 0 saturated carbocycles. The summed E-state index contributed by atoms with van der Waals surface area (Å²) in [5, 5.41) is 12.0. The van der Waals surface area contributed by atoms with E-state index in [1.54, 1.807) is 29.2 Å². The maximum absolute atomic E-state index is 12.5. The molecule has 1 unspecified atom stereocenters. The van der Waals surface area contributed by atoms with Gasteiger partial charge in [-0.2, -0.15) is 0 Å². The van der Waals surface area contributed by atoms with E-state index in [1.165, 1.54) is 0 Å². The van der Waals surface area contributed by atoms with Gasteiger partial charge in [0.05, 0.1) is 17.1 Å². The van der Waals surface area contributed by atoms with E-state index >= 15 is 0 Å². The average molecular weight is 311 g/mol. The minimum atomic E-state index is -0.866. The molecule has 1 aromatic rings. The third-order valence-corrected chi connectivity index (χ3v) is 3.95. The van der Waals surface area contributed by atoms with Gasteiger partial charge >= 0.3 is 5.97 Å². The molecule has 1 aliphatic heterocycles. The highest BCUT2D eigenvalue weighted by molar-refractivity contribution is 6.33. The van der Waals surface area contributed by atoms with Gasteiger partial charge in [-0.05, 0) is 30.9 Å². The monoisotopic (exact) mass is 310 g/mol. The largest absolute Gasteiger partial charge is 0.480 e. The van der Waals surface area contributed by atoms with E-state index in [-0.39, 0.29) is 18.4 Å². The first kappa shape index (κ1) is 15.8. The van der Waals surface area contributed by atoms with Crippen LogP contribution in [0.3, 0.4) is 0 Å². The molecule has 5 nitrogen and oxygen atoms in total. The van der Waals surface area contributed by atoms with Crippen molar-refractivity contribution in [3.05, 3.63) is 34.9 Å². The molecule has 0 radical (unpaired) electrons. The smallest absolute Gasteiger partial charge is 0.317 e. The SMILES string of the molecule is O=C(O)CNCC1CCCN(C(=O)c2ccccc2Cl)C1. The van der Waals surface area contributed by atoms with Gasteiger partial charge < -0.3 is 15.3 Å². The van der Waals surface area contributed by atoms with Crippen molar-refractivity contribution in [2.45, 2.75) is 12.8 Å². The Labute approximate surface area is 128 Å². The summed E-state index contributed by atoms with van der Waals surface area (Å²) < 4.78 is 0. The van der Waals surface area contributed by atoms with Gasteiger partial charge in [0, 0.05) is 19.6 Å². The van der Waals surface area contributed by atoms with Gasteiger partial charge in [0.25, 0.3) is 5.91 Å². The molecule has 6 heteroatoms. The zero-order chi connectivity index (χ0) is 15.2. The highest BCUT2D eigenvalue weighted by Crippen LogP contribution is 2.21. The molecule has 1 aromatic carbocycles. The highest BCUT2D eigenvalue weighted by Gasteiger charge is 2.25. The summed E-state index contributed by atoms with van der Waals surface area (Å²) in [4.78, 5) is 24.8. The number of amides is 1. The lowest BCUT2D eigenvalue weighted by Gasteiger charge is -2.33. The number of likely N-dealkylation sites (tertiary alicyclic amines) is 1. The fourth-order valence-electron chi connectivity index (χ4n) is 2.60. The van der Waals surface area contributed by atoms with Crippen LogP contribution < -0.4 is 5.32 Å². The summed E-state index contributed by atoms with van der Waals surface area (Å²) in [6.45, 7) is 1.92. The Kier molecular flexibility index (Phi) is 5.59. The van der Waals surface area contributed by atoms with Crippen LogP contribution in [0, 0.1) is 5.92 Å². The van der Waals surface area contributed by atoms with E-state index in [2.05, 4.69) is 5.32 Å². The Morgan fingerprint density at radius 1 is 1.38 bits per heavy atom. The summed E-state index contributed by atoms with van der Waals surface area (Å²) in [5.41, 5.74) is 0.526. The minimum absolute atomic E-state index is 0.0467. The molecule has 1 fully saturated rings. The van der Waals surface area contributed by atoms with Crippen LogP contribution in [0.1, 0.15) is 23.2 Å². The summed E-state index contributed by atoms with van der Waals surface area (Å²) in [5.74, 6) is -0.636. The van der Waals surface area contributed by atoms with Gasteiger partial charge in [-0.15, -0.1) is 0 Å². The fraction of sp³-hybridized carbons (Fsp3) is 0.467. The van der Waals surface area contributed by atoms with Crippen LogP contribution in [-0.4, -0.2) is 48.1 Å². The third kappa shape index (κ3) is 4.44. The van der Waals surface area contributed by atoms with Crippen molar-refractivity contribution >= 4 is 23.5 Å². The van der Waals surface area contributed by atoms with Crippen molar-refractivity contribution in [2.75, 3.05) is 26.2 Å². The number of aliphatic carboxylic acids is 1. The van der Waals surface area contributed by atoms with Gasteiger partial charge in [0.15, 0.2) is 0 Å². The van der Waals surface area contributed by atoms with Crippen LogP contribution in [0.25, 0.3) is 0 Å². The zero-order valence-electron chi connectivity index (χ0n) is 11.7. The second-order valence-electron chi connectivity index (χ2n) is 5.26. The average Bonchev–Trinajstić information content (AvgIpc) is 2.47. The summed E-state index contributed by atoms with van der Waals surface area (Å²) in [7, 11) is 0. The Morgan fingerprint density at radius 3 is 2.86 bits per heavy atom. The molecule has 0 bridgehead atoms. The Morgan fingerprint density at radius 2 is 2.14 bits per heavy atom. The van der Waals surface area contributed by atoms with Crippen molar-refractivity contribution in [1.29, 1.82) is 0 Å². The molecular formula is C15H19ClN2O3. The maximum atomic E-state index is 12.5. The molecule has 1 saturated heterocycles. The first-order valence-corrected chi connectivity index (χ1v) is 7.42. The standard InChI is InChI=1S/C15H19ClN2O3/c16-13-6-2-1-5-12(13)15(21)18-7-3-4-11(10-18)8-17-9-14(19)20/h1-2,5-6,11,17H,3-4,7-10H2,(H,19,20). The number of carbonyl (C=O) groups is 2. The summed E-state index contributed by atoms with van der Waals surface area (Å²) >= 11 is 6.07. The van der Waals surface area contributed by atoms with Crippen LogP contribution in [0.5, 0.6) is 0 Å². The Balaban J connectivity index is 1.93. The topological polar surface area (TPSA) is 69.6 Å². The van der Waals surface area contributed by atoms with Crippen LogP contribution in [-0.2, 0) is 4.79 Å². The van der Waals surface area contributed by atoms with Crippen molar-refractivity contribution < 1.29 is 14.7 Å². The number of rotatable bonds is 5. The lowest BCUT2D eigenvalue weighted by molar-refractivity contribution is -0.136. The molecule has 1 atom stereocenters. The molecule has 0 aliphatic carbocycles. The molecule has 2 rings (SSSR count). The Bertz CT molecular complexity index is 521. The number of carbonyl (C=O) groups excluding carboxylic acids is 1. The predicted octanol–water partition coefficient (Wildman–Crippen LogP) is 1.87. The summed E-state index contributed by atoms with van der Waals surface area (Å²) in [6.07, 6.45) is 1.93. The number of halogens is 1. The number of benzene rings is 1. The van der Waals surface area contributed by atoms with Crippen molar-refractivity contribution in [1.82, 2.24) is 10.2 Å². The van der Waals surface area contributed by atoms with Gasteiger partial charge in [-0.1, -0.05) is 23.7 Å². The van der Waals surface area contributed by atoms with E-state index in [1.807, 2.05) is 0 Å². The number of hydrogen-bond donors (Lipinski definition) is 2. The molecular weight excluding hydrogens is 292 g/mol. The highest BCUT2D eigenvalue weighted by atomic mass is 35.5. The molecule has 1 aliphatic rings. The molecule has 114 valence electrons. The number of nitrogens with zero attached hydrogens (tertiary/aromatic N) is 1. The van der Waals surface area contributed by atoms with E-state index in [0.29, 0.717) is 23.7 Å².